The highest BCUT2D eigenvalue weighted by Gasteiger charge is 2.37. The number of hydrogen-bond acceptors (Lipinski definition) is 7. The van der Waals surface area contributed by atoms with E-state index >= 15 is 0 Å². The third-order valence-corrected chi connectivity index (χ3v) is 9.39. The van der Waals surface area contributed by atoms with E-state index in [4.69, 9.17) is 4.74 Å². The van der Waals surface area contributed by atoms with Crippen LogP contribution in [0, 0.1) is 11.8 Å². The fraction of sp³-hybridized carbons (Fsp3) is 0.639. The van der Waals surface area contributed by atoms with Crippen molar-refractivity contribution in [3.63, 3.8) is 0 Å². The maximum absolute atomic E-state index is 14.3. The van der Waals surface area contributed by atoms with Crippen LogP contribution >= 0.6 is 0 Å². The zero-order valence-electron chi connectivity index (χ0n) is 30.3. The molecule has 1 aromatic carbocycles. The molecule has 4 atom stereocenters. The van der Waals surface area contributed by atoms with Gasteiger partial charge in [0.15, 0.2) is 6.10 Å². The lowest BCUT2D eigenvalue weighted by Gasteiger charge is -2.35. The third kappa shape index (κ3) is 12.1. The lowest BCUT2D eigenvalue weighted by atomic mass is 9.83. The first-order valence-corrected chi connectivity index (χ1v) is 17.4. The number of imidazole rings is 1. The summed E-state index contributed by atoms with van der Waals surface area (Å²) in [6.45, 7) is 4.22. The van der Waals surface area contributed by atoms with Gasteiger partial charge in [0.2, 0.25) is 5.91 Å². The van der Waals surface area contributed by atoms with Crippen LogP contribution in [0.3, 0.4) is 0 Å². The summed E-state index contributed by atoms with van der Waals surface area (Å²) in [5.74, 6) is -0.187. The molecule has 1 saturated carbocycles. The van der Waals surface area contributed by atoms with Crippen LogP contribution in [0.2, 0.25) is 0 Å². The van der Waals surface area contributed by atoms with E-state index in [2.05, 4.69) is 29.1 Å². The summed E-state index contributed by atoms with van der Waals surface area (Å²) in [6.07, 6.45) is 8.00. The standard InChI is InChI=1S/C36H57N7O6/c1-25(2)18-19-31(44)29(20-26-14-10-8-11-15-26)39-33(45)30(22-28-23-37-24-38-28)41(5)34(46)32(21-27-16-12-9-13-17-27)49-36(48)43(7)42(6)35(47)40(3)4/h9,12-13,16-17,23-26,29-32,44H,8,10-11,14-15,18-22H2,1-7H3,(H,37,38)(H,39,45)/t29?,30-,31?,32?/m0/s1. The van der Waals surface area contributed by atoms with Crippen molar-refractivity contribution in [3.8, 4) is 0 Å². The summed E-state index contributed by atoms with van der Waals surface area (Å²) in [7, 11) is 7.44. The predicted octanol–water partition coefficient (Wildman–Crippen LogP) is 4.24. The lowest BCUT2D eigenvalue weighted by molar-refractivity contribution is -0.147. The number of nitrogens with zero attached hydrogens (tertiary/aromatic N) is 5. The van der Waals surface area contributed by atoms with E-state index in [0.717, 1.165) is 47.7 Å². The van der Waals surface area contributed by atoms with E-state index in [0.29, 0.717) is 30.4 Å². The van der Waals surface area contributed by atoms with Crippen LogP contribution in [0.5, 0.6) is 0 Å². The zero-order valence-corrected chi connectivity index (χ0v) is 30.3. The second-order valence-electron chi connectivity index (χ2n) is 13.9. The number of rotatable bonds is 15. The fourth-order valence-corrected chi connectivity index (χ4v) is 6.21. The number of hydrogen-bond donors (Lipinski definition) is 3. The monoisotopic (exact) mass is 683 g/mol. The summed E-state index contributed by atoms with van der Waals surface area (Å²) in [4.78, 5) is 64.1. The van der Waals surface area contributed by atoms with Gasteiger partial charge in [-0.2, -0.15) is 0 Å². The molecule has 0 aliphatic heterocycles. The quantitative estimate of drug-likeness (QED) is 0.238. The molecule has 1 fully saturated rings. The molecule has 0 radical (unpaired) electrons. The predicted molar refractivity (Wildman–Crippen MR) is 187 cm³/mol. The van der Waals surface area contributed by atoms with E-state index < -0.39 is 48.2 Å². The number of urea groups is 1. The Morgan fingerprint density at radius 2 is 1.63 bits per heavy atom. The van der Waals surface area contributed by atoms with Crippen LogP contribution in [0.15, 0.2) is 42.9 Å². The molecule has 3 rings (SSSR count). The van der Waals surface area contributed by atoms with Crippen molar-refractivity contribution >= 4 is 23.9 Å². The number of ether oxygens (including phenoxy) is 1. The molecular formula is C36H57N7O6. The van der Waals surface area contributed by atoms with Crippen LogP contribution < -0.4 is 5.32 Å². The Bertz CT molecular complexity index is 1320. The Balaban J connectivity index is 1.89. The van der Waals surface area contributed by atoms with Gasteiger partial charge in [-0.15, -0.1) is 0 Å². The maximum atomic E-state index is 14.3. The van der Waals surface area contributed by atoms with Crippen molar-refractivity contribution < 1.29 is 29.0 Å². The average Bonchev–Trinajstić information content (AvgIpc) is 3.61. The molecule has 1 aliphatic rings. The highest BCUT2D eigenvalue weighted by molar-refractivity contribution is 5.90. The van der Waals surface area contributed by atoms with Crippen molar-refractivity contribution in [3.05, 3.63) is 54.1 Å². The maximum Gasteiger partial charge on any atom is 0.429 e. The minimum absolute atomic E-state index is 0.0472. The Kier molecular flexibility index (Phi) is 15.4. The number of hydrazine groups is 1. The number of nitrogens with one attached hydrogen (secondary N) is 2. The van der Waals surface area contributed by atoms with Crippen molar-refractivity contribution in [1.82, 2.24) is 35.1 Å². The number of H-pyrrole nitrogens is 1. The number of aromatic nitrogens is 2. The molecule has 272 valence electrons. The number of aliphatic hydroxyl groups excluding tert-OH is 1. The molecule has 13 nitrogen and oxygen atoms in total. The fourth-order valence-electron chi connectivity index (χ4n) is 6.21. The van der Waals surface area contributed by atoms with Crippen LogP contribution in [-0.4, -0.2) is 118 Å². The molecule has 3 unspecified atom stereocenters. The molecule has 1 heterocycles. The lowest BCUT2D eigenvalue weighted by Crippen LogP contribution is -2.56. The molecule has 0 bridgehead atoms. The van der Waals surface area contributed by atoms with Gasteiger partial charge in [-0.25, -0.2) is 24.6 Å². The number of aromatic amines is 1. The molecule has 2 aromatic rings. The number of benzene rings is 1. The molecular weight excluding hydrogens is 626 g/mol. The number of amides is 5. The number of carbonyl (C=O) groups is 4. The molecule has 13 heteroatoms. The Hall–Kier alpha value is -4.13. The Morgan fingerprint density at radius 1 is 0.959 bits per heavy atom. The molecule has 49 heavy (non-hydrogen) atoms. The number of carbonyl (C=O) groups excluding carboxylic acids is 4. The number of likely N-dealkylation sites (N-methyl/N-ethyl adjacent to an activating group) is 1. The van der Waals surface area contributed by atoms with Gasteiger partial charge in [0.25, 0.3) is 5.91 Å². The normalized spacial score (nSPS) is 15.9. The van der Waals surface area contributed by atoms with Crippen molar-refractivity contribution in [2.45, 2.75) is 102 Å². The van der Waals surface area contributed by atoms with Gasteiger partial charge in [-0.1, -0.05) is 76.3 Å². The van der Waals surface area contributed by atoms with Gasteiger partial charge in [0.05, 0.1) is 18.5 Å². The van der Waals surface area contributed by atoms with E-state index in [1.165, 1.54) is 43.7 Å². The van der Waals surface area contributed by atoms with Gasteiger partial charge in [-0.3, -0.25) is 9.59 Å². The molecule has 5 amide bonds. The molecule has 1 aliphatic carbocycles. The first-order chi connectivity index (χ1) is 23.3. The van der Waals surface area contributed by atoms with Gasteiger partial charge >= 0.3 is 12.1 Å². The average molecular weight is 684 g/mol. The summed E-state index contributed by atoms with van der Waals surface area (Å²) in [6, 6.07) is 7.19. The summed E-state index contributed by atoms with van der Waals surface area (Å²) in [5, 5.41) is 16.6. The van der Waals surface area contributed by atoms with E-state index in [1.807, 2.05) is 30.3 Å². The first-order valence-electron chi connectivity index (χ1n) is 17.4. The van der Waals surface area contributed by atoms with Crippen molar-refractivity contribution in [2.75, 3.05) is 35.2 Å². The topological polar surface area (TPSA) is 151 Å². The highest BCUT2D eigenvalue weighted by Crippen LogP contribution is 2.29. The van der Waals surface area contributed by atoms with Crippen LogP contribution in [-0.2, 0) is 27.2 Å². The Labute approximate surface area is 291 Å². The second-order valence-corrected chi connectivity index (χ2v) is 13.9. The smallest absolute Gasteiger partial charge is 0.429 e. The van der Waals surface area contributed by atoms with E-state index in [1.54, 1.807) is 20.3 Å². The van der Waals surface area contributed by atoms with Gasteiger partial charge < -0.3 is 29.9 Å². The minimum Gasteiger partial charge on any atom is -0.434 e. The highest BCUT2D eigenvalue weighted by atomic mass is 16.6. The van der Waals surface area contributed by atoms with E-state index in [-0.39, 0.29) is 12.8 Å². The summed E-state index contributed by atoms with van der Waals surface area (Å²) >= 11 is 0. The summed E-state index contributed by atoms with van der Waals surface area (Å²) < 4.78 is 5.78. The van der Waals surface area contributed by atoms with Crippen LogP contribution in [0.4, 0.5) is 9.59 Å². The summed E-state index contributed by atoms with van der Waals surface area (Å²) in [5.41, 5.74) is 1.39. The molecule has 1 aromatic heterocycles. The van der Waals surface area contributed by atoms with Gasteiger partial charge in [0.1, 0.15) is 6.04 Å². The zero-order chi connectivity index (χ0) is 36.1. The molecule has 3 N–H and O–H groups in total. The molecule has 0 spiro atoms. The Morgan fingerprint density at radius 3 is 2.22 bits per heavy atom. The van der Waals surface area contributed by atoms with Gasteiger partial charge in [-0.05, 0) is 36.7 Å². The van der Waals surface area contributed by atoms with Crippen molar-refractivity contribution in [2.24, 2.45) is 11.8 Å². The first kappa shape index (κ1) is 39.3. The largest absolute Gasteiger partial charge is 0.434 e. The second kappa shape index (κ2) is 19.2. The van der Waals surface area contributed by atoms with Crippen LogP contribution in [0.25, 0.3) is 0 Å². The minimum atomic E-state index is -1.31. The molecule has 0 saturated heterocycles. The van der Waals surface area contributed by atoms with Crippen molar-refractivity contribution in [1.29, 1.82) is 0 Å². The van der Waals surface area contributed by atoms with E-state index in [9.17, 15) is 24.3 Å². The number of aliphatic hydroxyl groups is 1. The SMILES string of the molecule is CC(C)CCC(O)C(CC1CCCCC1)NC(=O)[C@H](Cc1cnc[nH]1)N(C)C(=O)C(Cc1ccccc1)OC(=O)N(C)N(C)C(=O)N(C)C. The van der Waals surface area contributed by atoms with Crippen LogP contribution in [0.1, 0.15) is 76.5 Å². The third-order valence-electron chi connectivity index (χ3n) is 9.39. The van der Waals surface area contributed by atoms with Gasteiger partial charge in [0, 0.05) is 60.0 Å².